The first-order chi connectivity index (χ1) is 11.2. The van der Waals surface area contributed by atoms with Crippen molar-refractivity contribution in [1.82, 2.24) is 4.48 Å². The van der Waals surface area contributed by atoms with Crippen LogP contribution < -0.4 is 4.48 Å². The minimum atomic E-state index is -4.02. The Kier molecular flexibility index (Phi) is 7.60. The second kappa shape index (κ2) is 8.97. The molecule has 0 amide bonds. The van der Waals surface area contributed by atoms with Crippen molar-refractivity contribution in [1.29, 1.82) is 0 Å². The van der Waals surface area contributed by atoms with Gasteiger partial charge in [0.25, 0.3) is 10.1 Å². The molecule has 4 nitrogen and oxygen atoms in total. The van der Waals surface area contributed by atoms with Gasteiger partial charge < -0.3 is 0 Å². The van der Waals surface area contributed by atoms with Gasteiger partial charge in [-0.25, -0.2) is 0 Å². The van der Waals surface area contributed by atoms with Crippen LogP contribution in [0.15, 0.2) is 59.5 Å². The molecule has 0 saturated carbocycles. The first kappa shape index (κ1) is 20.4. The predicted molar refractivity (Wildman–Crippen MR) is 101 cm³/mol. The van der Waals surface area contributed by atoms with E-state index in [0.717, 1.165) is 10.0 Å². The highest BCUT2D eigenvalue weighted by molar-refractivity contribution is 7.85. The van der Waals surface area contributed by atoms with E-state index in [9.17, 15) is 8.42 Å². The molecule has 0 aromatic heterocycles. The molecule has 0 unspecified atom stereocenters. The lowest BCUT2D eigenvalue weighted by molar-refractivity contribution is 0.388. The van der Waals surface area contributed by atoms with Gasteiger partial charge in [0, 0.05) is 0 Å². The Morgan fingerprint density at radius 1 is 0.958 bits per heavy atom. The number of rotatable bonds is 5. The van der Waals surface area contributed by atoms with Crippen molar-refractivity contribution in [3.8, 4) is 0 Å². The summed E-state index contributed by atoms with van der Waals surface area (Å²) < 4.78 is 30.5. The van der Waals surface area contributed by atoms with Crippen molar-refractivity contribution >= 4 is 15.8 Å². The molecule has 0 heterocycles. The van der Waals surface area contributed by atoms with E-state index in [1.165, 1.54) is 37.2 Å². The Bertz CT molecular complexity index is 708. The van der Waals surface area contributed by atoms with Crippen LogP contribution in [0.3, 0.4) is 0 Å². The molecule has 0 aliphatic carbocycles. The van der Waals surface area contributed by atoms with Crippen LogP contribution in [0.2, 0.25) is 0 Å². The molecule has 2 aromatic rings. The van der Waals surface area contributed by atoms with Gasteiger partial charge in [-0.15, -0.1) is 0 Å². The summed E-state index contributed by atoms with van der Waals surface area (Å²) in [6.45, 7) is 5.30. The van der Waals surface area contributed by atoms with Gasteiger partial charge in [-0.05, 0) is 37.6 Å². The molecule has 0 aliphatic rings. The third-order valence-corrected chi connectivity index (χ3v) is 4.71. The lowest BCUT2D eigenvalue weighted by Crippen LogP contribution is -2.41. The van der Waals surface area contributed by atoms with Crippen LogP contribution in [-0.2, 0) is 10.1 Å². The minimum Gasteiger partial charge on any atom is -0.296 e. The van der Waals surface area contributed by atoms with E-state index >= 15 is 0 Å². The quantitative estimate of drug-likeness (QED) is 0.646. The molecule has 2 rings (SSSR count). The molecule has 0 saturated heterocycles. The zero-order chi connectivity index (χ0) is 18.2. The van der Waals surface area contributed by atoms with Crippen molar-refractivity contribution in [2.45, 2.75) is 31.6 Å². The molecule has 0 aliphatic heterocycles. The largest absolute Gasteiger partial charge is 0.296 e. The Hall–Kier alpha value is -1.69. The molecule has 0 fully saturated rings. The first-order valence-corrected chi connectivity index (χ1v) is 9.53. The maximum atomic E-state index is 10.5. The van der Waals surface area contributed by atoms with Crippen LogP contribution in [-0.4, -0.2) is 33.6 Å². The lowest BCUT2D eigenvalue weighted by atomic mass is 10.2. The molecular formula is C19H28NO3S+. The van der Waals surface area contributed by atoms with Gasteiger partial charge in [-0.3, -0.25) is 9.04 Å². The molecule has 0 atom stereocenters. The third-order valence-electron chi connectivity index (χ3n) is 3.84. The molecular weight excluding hydrogens is 322 g/mol. The molecule has 5 heteroatoms. The van der Waals surface area contributed by atoms with Crippen LogP contribution in [0.5, 0.6) is 0 Å². The fourth-order valence-electron chi connectivity index (χ4n) is 2.22. The molecule has 24 heavy (non-hydrogen) atoms. The number of unbranched alkanes of at least 4 members (excludes halogenated alkanes) is 1. The van der Waals surface area contributed by atoms with Crippen molar-refractivity contribution in [3.05, 3.63) is 60.2 Å². The highest BCUT2D eigenvalue weighted by atomic mass is 32.2. The molecule has 2 aromatic carbocycles. The molecule has 1 N–H and O–H groups in total. The average molecular weight is 351 g/mol. The Balaban J connectivity index is 0.000000243. The number of hydrogen-bond acceptors (Lipinski definition) is 2. The van der Waals surface area contributed by atoms with Crippen molar-refractivity contribution < 1.29 is 13.0 Å². The monoisotopic (exact) mass is 350 g/mol. The summed E-state index contributed by atoms with van der Waals surface area (Å²) in [5, 5.41) is 0. The van der Waals surface area contributed by atoms with E-state index in [4.69, 9.17) is 4.55 Å². The molecule has 0 radical (unpaired) electrons. The molecule has 0 bridgehead atoms. The summed E-state index contributed by atoms with van der Waals surface area (Å²) >= 11 is 0. The fourth-order valence-corrected chi connectivity index (χ4v) is 2.70. The summed E-state index contributed by atoms with van der Waals surface area (Å²) in [6, 6.07) is 16.7. The normalized spacial score (nSPS) is 11.5. The zero-order valence-corrected chi connectivity index (χ0v) is 15.8. The number of quaternary nitrogens is 1. The number of hydrogen-bond donors (Lipinski definition) is 1. The van der Waals surface area contributed by atoms with Gasteiger partial charge in [-0.2, -0.15) is 8.42 Å². The summed E-state index contributed by atoms with van der Waals surface area (Å²) in [7, 11) is 0.518. The van der Waals surface area contributed by atoms with Gasteiger partial charge in [0.1, 0.15) is 5.69 Å². The fraction of sp³-hybridized carbons (Fsp3) is 0.368. The van der Waals surface area contributed by atoms with Gasteiger partial charge in [-0.1, -0.05) is 49.2 Å². The Morgan fingerprint density at radius 3 is 1.96 bits per heavy atom. The van der Waals surface area contributed by atoms with E-state index < -0.39 is 10.1 Å². The van der Waals surface area contributed by atoms with Crippen molar-refractivity contribution in [3.63, 3.8) is 0 Å². The second-order valence-electron chi connectivity index (χ2n) is 6.39. The van der Waals surface area contributed by atoms with E-state index in [-0.39, 0.29) is 4.90 Å². The summed E-state index contributed by atoms with van der Waals surface area (Å²) in [5.41, 5.74) is 2.35. The maximum absolute atomic E-state index is 10.5. The molecule has 132 valence electrons. The van der Waals surface area contributed by atoms with Crippen molar-refractivity contribution in [2.75, 3.05) is 20.6 Å². The van der Waals surface area contributed by atoms with E-state index in [1.54, 1.807) is 12.1 Å². The highest BCUT2D eigenvalue weighted by Gasteiger charge is 2.16. The number of nitrogens with zero attached hydrogens (tertiary/aromatic N) is 1. The smallest absolute Gasteiger partial charge is 0.294 e. The summed E-state index contributed by atoms with van der Waals surface area (Å²) in [6.07, 6.45) is 2.57. The summed E-state index contributed by atoms with van der Waals surface area (Å²) in [4.78, 5) is -0.0666. The minimum absolute atomic E-state index is 0.0666. The highest BCUT2D eigenvalue weighted by Crippen LogP contribution is 2.18. The van der Waals surface area contributed by atoms with Gasteiger partial charge in [0.05, 0.1) is 25.5 Å². The van der Waals surface area contributed by atoms with Crippen LogP contribution in [0.4, 0.5) is 5.69 Å². The Morgan fingerprint density at radius 2 is 1.50 bits per heavy atom. The van der Waals surface area contributed by atoms with E-state index in [2.05, 4.69) is 51.4 Å². The second-order valence-corrected chi connectivity index (χ2v) is 7.81. The van der Waals surface area contributed by atoms with Crippen LogP contribution in [0, 0.1) is 6.92 Å². The number of benzene rings is 2. The van der Waals surface area contributed by atoms with Crippen LogP contribution in [0.1, 0.15) is 25.3 Å². The predicted octanol–water partition coefficient (Wildman–Crippen LogP) is 4.30. The average Bonchev–Trinajstić information content (AvgIpc) is 2.54. The van der Waals surface area contributed by atoms with E-state index in [1.807, 2.05) is 6.92 Å². The SMILES string of the molecule is CCCC[N+](C)(C)c1ccccc1.Cc1ccc(S(=O)(=O)O)cc1. The standard InChI is InChI=1S/C12H20N.C7H8O3S/c1-4-5-11-13(2,3)12-9-7-6-8-10-12;1-6-2-4-7(5-3-6)11(8,9)10/h6-10H,4-5,11H2,1-3H3;2-5H,1H3,(H,8,9,10)/q+1;. The maximum Gasteiger partial charge on any atom is 0.294 e. The van der Waals surface area contributed by atoms with Crippen molar-refractivity contribution in [2.24, 2.45) is 0 Å². The van der Waals surface area contributed by atoms with Gasteiger partial charge in [0.2, 0.25) is 0 Å². The van der Waals surface area contributed by atoms with Gasteiger partial charge in [0.15, 0.2) is 0 Å². The first-order valence-electron chi connectivity index (χ1n) is 8.09. The Labute approximate surface area is 146 Å². The zero-order valence-electron chi connectivity index (χ0n) is 14.9. The summed E-state index contributed by atoms with van der Waals surface area (Å²) in [5.74, 6) is 0. The lowest BCUT2D eigenvalue weighted by Gasteiger charge is -2.29. The van der Waals surface area contributed by atoms with Crippen LogP contribution >= 0.6 is 0 Å². The number of para-hydroxylation sites is 1. The van der Waals surface area contributed by atoms with Crippen LogP contribution in [0.25, 0.3) is 0 Å². The van der Waals surface area contributed by atoms with Gasteiger partial charge >= 0.3 is 0 Å². The third kappa shape index (κ3) is 6.83. The molecule has 0 spiro atoms. The topological polar surface area (TPSA) is 54.4 Å². The van der Waals surface area contributed by atoms with E-state index in [0.29, 0.717) is 0 Å². The number of aryl methyl sites for hydroxylation is 1.